The van der Waals surface area contributed by atoms with Crippen LogP contribution in [0.1, 0.15) is 27.2 Å². The van der Waals surface area contributed by atoms with Crippen LogP contribution in [-0.4, -0.2) is 58.7 Å². The zero-order valence-corrected chi connectivity index (χ0v) is 16.0. The van der Waals surface area contributed by atoms with Gasteiger partial charge in [-0.3, -0.25) is 4.99 Å². The second-order valence-electron chi connectivity index (χ2n) is 4.42. The molecule has 8 heteroatoms. The number of guanidine groups is 1. The van der Waals surface area contributed by atoms with Gasteiger partial charge in [-0.2, -0.15) is 0 Å². The van der Waals surface area contributed by atoms with E-state index in [9.17, 15) is 8.42 Å². The molecule has 122 valence electrons. The average molecular weight is 421 g/mol. The quantitative estimate of drug-likeness (QED) is 0.252. The van der Waals surface area contributed by atoms with E-state index in [1.807, 2.05) is 20.8 Å². The molecule has 0 rings (SSSR count). The fraction of sp³-hybridized carbons (Fsp3) is 0.917. The first-order valence-corrected chi connectivity index (χ1v) is 8.75. The van der Waals surface area contributed by atoms with E-state index in [1.165, 1.54) is 6.26 Å². The van der Waals surface area contributed by atoms with Crippen molar-refractivity contribution in [3.8, 4) is 0 Å². The van der Waals surface area contributed by atoms with E-state index >= 15 is 0 Å². The molecule has 0 heterocycles. The molecule has 0 aromatic carbocycles. The standard InChI is InChI=1S/C12H27N3O3S.HI/c1-5-13-12(14-8-9-18-6-2)15-11(3)7-10-19(4,16)17;/h11H,5-10H2,1-4H3,(H2,13,14,15);1H. The molecule has 0 aliphatic heterocycles. The summed E-state index contributed by atoms with van der Waals surface area (Å²) in [5.41, 5.74) is 0. The van der Waals surface area contributed by atoms with Gasteiger partial charge in [0.25, 0.3) is 0 Å². The zero-order valence-electron chi connectivity index (χ0n) is 12.8. The first kappa shape index (κ1) is 22.2. The molecule has 0 bridgehead atoms. The van der Waals surface area contributed by atoms with Gasteiger partial charge < -0.3 is 15.4 Å². The highest BCUT2D eigenvalue weighted by Crippen LogP contribution is 1.95. The first-order valence-electron chi connectivity index (χ1n) is 6.69. The van der Waals surface area contributed by atoms with Crippen LogP contribution in [0.15, 0.2) is 4.99 Å². The van der Waals surface area contributed by atoms with Crippen LogP contribution in [0, 0.1) is 0 Å². The van der Waals surface area contributed by atoms with Crippen LogP contribution in [0.3, 0.4) is 0 Å². The lowest BCUT2D eigenvalue weighted by Gasteiger charge is -2.17. The van der Waals surface area contributed by atoms with Crippen LogP contribution in [0.4, 0.5) is 0 Å². The number of rotatable bonds is 9. The third-order valence-electron chi connectivity index (χ3n) is 2.36. The molecule has 20 heavy (non-hydrogen) atoms. The number of nitrogens with one attached hydrogen (secondary N) is 2. The van der Waals surface area contributed by atoms with Gasteiger partial charge in [0.15, 0.2) is 5.96 Å². The van der Waals surface area contributed by atoms with Crippen molar-refractivity contribution in [3.05, 3.63) is 0 Å². The molecule has 0 aromatic heterocycles. The average Bonchev–Trinajstić information content (AvgIpc) is 2.31. The molecule has 0 aliphatic rings. The molecule has 2 N–H and O–H groups in total. The Bertz CT molecular complexity index is 361. The van der Waals surface area contributed by atoms with Gasteiger partial charge in [-0.15, -0.1) is 24.0 Å². The predicted octanol–water partition coefficient (Wildman–Crippen LogP) is 1.02. The largest absolute Gasteiger partial charge is 0.380 e. The van der Waals surface area contributed by atoms with Gasteiger partial charge in [0.1, 0.15) is 9.84 Å². The summed E-state index contributed by atoms with van der Waals surface area (Å²) in [5, 5.41) is 6.31. The Morgan fingerprint density at radius 2 is 2.00 bits per heavy atom. The molecule has 1 unspecified atom stereocenters. The smallest absolute Gasteiger partial charge is 0.191 e. The molecule has 0 fully saturated rings. The maximum atomic E-state index is 11.1. The normalized spacial score (nSPS) is 13.5. The van der Waals surface area contributed by atoms with Crippen molar-refractivity contribution in [3.63, 3.8) is 0 Å². The van der Waals surface area contributed by atoms with Gasteiger partial charge in [0.05, 0.1) is 18.9 Å². The van der Waals surface area contributed by atoms with Crippen molar-refractivity contribution < 1.29 is 13.2 Å². The highest BCUT2D eigenvalue weighted by molar-refractivity contribution is 14.0. The van der Waals surface area contributed by atoms with Crippen LogP contribution in [0.5, 0.6) is 0 Å². The molecule has 0 aliphatic carbocycles. The second kappa shape index (κ2) is 12.6. The SMILES string of the molecule is CCNC(=NCCOCC)NC(C)CCS(C)(=O)=O.I. The van der Waals surface area contributed by atoms with E-state index in [-0.39, 0.29) is 35.8 Å². The van der Waals surface area contributed by atoms with Crippen molar-refractivity contribution in [2.24, 2.45) is 4.99 Å². The summed E-state index contributed by atoms with van der Waals surface area (Å²) in [4.78, 5) is 4.36. The van der Waals surface area contributed by atoms with Gasteiger partial charge in [0, 0.05) is 25.4 Å². The van der Waals surface area contributed by atoms with Gasteiger partial charge >= 0.3 is 0 Å². The highest BCUT2D eigenvalue weighted by atomic mass is 127. The van der Waals surface area contributed by atoms with Gasteiger partial charge in [-0.25, -0.2) is 8.42 Å². The van der Waals surface area contributed by atoms with E-state index in [0.29, 0.717) is 32.1 Å². The molecular weight excluding hydrogens is 393 g/mol. The van der Waals surface area contributed by atoms with Crippen LogP contribution in [0.25, 0.3) is 0 Å². The predicted molar refractivity (Wildman–Crippen MR) is 94.8 cm³/mol. The summed E-state index contributed by atoms with van der Waals surface area (Å²) in [6.45, 7) is 8.50. The summed E-state index contributed by atoms with van der Waals surface area (Å²) in [6, 6.07) is 0.0552. The number of sulfone groups is 1. The lowest BCUT2D eigenvalue weighted by molar-refractivity contribution is 0.155. The van der Waals surface area contributed by atoms with Crippen LogP contribution in [0.2, 0.25) is 0 Å². The number of halogens is 1. The van der Waals surface area contributed by atoms with Crippen molar-refractivity contribution in [1.82, 2.24) is 10.6 Å². The number of aliphatic imine (C=N–C) groups is 1. The van der Waals surface area contributed by atoms with Crippen LogP contribution >= 0.6 is 24.0 Å². The minimum absolute atomic E-state index is 0. The summed E-state index contributed by atoms with van der Waals surface area (Å²) >= 11 is 0. The summed E-state index contributed by atoms with van der Waals surface area (Å²) in [7, 11) is -2.91. The van der Waals surface area contributed by atoms with Gasteiger partial charge in [0.2, 0.25) is 0 Å². The first-order chi connectivity index (χ1) is 8.89. The number of ether oxygens (including phenoxy) is 1. The van der Waals surface area contributed by atoms with Crippen molar-refractivity contribution in [2.75, 3.05) is 38.3 Å². The number of hydrogen-bond donors (Lipinski definition) is 2. The summed E-state index contributed by atoms with van der Waals surface area (Å²) in [5.74, 6) is 0.877. The Balaban J connectivity index is 0. The Morgan fingerprint density at radius 1 is 1.35 bits per heavy atom. The lowest BCUT2D eigenvalue weighted by Crippen LogP contribution is -2.43. The molecule has 6 nitrogen and oxygen atoms in total. The van der Waals surface area contributed by atoms with Crippen LogP contribution in [-0.2, 0) is 14.6 Å². The van der Waals surface area contributed by atoms with E-state index in [2.05, 4.69) is 15.6 Å². The fourth-order valence-corrected chi connectivity index (χ4v) is 2.16. The summed E-state index contributed by atoms with van der Waals surface area (Å²) < 4.78 is 27.4. The molecule has 1 atom stereocenters. The van der Waals surface area contributed by atoms with E-state index in [0.717, 1.165) is 6.54 Å². The minimum atomic E-state index is -2.91. The van der Waals surface area contributed by atoms with Gasteiger partial charge in [-0.05, 0) is 27.2 Å². The maximum absolute atomic E-state index is 11.1. The monoisotopic (exact) mass is 421 g/mol. The highest BCUT2D eigenvalue weighted by Gasteiger charge is 2.09. The van der Waals surface area contributed by atoms with Crippen molar-refractivity contribution in [1.29, 1.82) is 0 Å². The van der Waals surface area contributed by atoms with Crippen LogP contribution < -0.4 is 10.6 Å². The van der Waals surface area contributed by atoms with Gasteiger partial charge in [-0.1, -0.05) is 0 Å². The second-order valence-corrected chi connectivity index (χ2v) is 6.68. The molecular formula is C12H28IN3O3S. The lowest BCUT2D eigenvalue weighted by atomic mass is 10.3. The number of nitrogens with zero attached hydrogens (tertiary/aromatic N) is 1. The van der Waals surface area contributed by atoms with E-state index in [4.69, 9.17) is 4.74 Å². The number of hydrogen-bond acceptors (Lipinski definition) is 4. The Kier molecular flexibility index (Phi) is 14.0. The Hall–Kier alpha value is -0.0900. The molecule has 0 saturated carbocycles. The van der Waals surface area contributed by atoms with Crippen molar-refractivity contribution >= 4 is 39.8 Å². The third kappa shape index (κ3) is 14.3. The van der Waals surface area contributed by atoms with Crippen molar-refractivity contribution in [2.45, 2.75) is 33.2 Å². The Morgan fingerprint density at radius 3 is 2.50 bits per heavy atom. The van der Waals surface area contributed by atoms with E-state index < -0.39 is 9.84 Å². The molecule has 0 saturated heterocycles. The fourth-order valence-electron chi connectivity index (χ4n) is 1.38. The topological polar surface area (TPSA) is 79.8 Å². The molecule has 0 aromatic rings. The molecule has 0 amide bonds. The van der Waals surface area contributed by atoms with E-state index in [1.54, 1.807) is 0 Å². The molecule has 0 spiro atoms. The zero-order chi connectivity index (χ0) is 14.7. The Labute approximate surface area is 140 Å². The molecule has 0 radical (unpaired) electrons. The summed E-state index contributed by atoms with van der Waals surface area (Å²) in [6.07, 6.45) is 1.82. The maximum Gasteiger partial charge on any atom is 0.191 e. The minimum Gasteiger partial charge on any atom is -0.380 e. The third-order valence-corrected chi connectivity index (χ3v) is 3.34.